The van der Waals surface area contributed by atoms with Crippen LogP contribution in [0.5, 0.6) is 0 Å². The molecule has 0 unspecified atom stereocenters. The van der Waals surface area contributed by atoms with Gasteiger partial charge in [0.1, 0.15) is 0 Å². The molecule has 78 valence electrons. The van der Waals surface area contributed by atoms with Crippen LogP contribution in [0.1, 0.15) is 33.1 Å². The third-order valence-corrected chi connectivity index (χ3v) is 6.56. The Balaban J connectivity index is 2.67. The minimum atomic E-state index is -2.86. The van der Waals surface area contributed by atoms with Crippen molar-refractivity contribution in [1.29, 1.82) is 0 Å². The Morgan fingerprint density at radius 1 is 1.38 bits per heavy atom. The molecule has 1 rings (SSSR count). The highest BCUT2D eigenvalue weighted by molar-refractivity contribution is 9.09. The summed E-state index contributed by atoms with van der Waals surface area (Å²) in [5, 5.41) is 0.593. The second-order valence-corrected chi connectivity index (χ2v) is 7.46. The van der Waals surface area contributed by atoms with Gasteiger partial charge < -0.3 is 0 Å². The largest absolute Gasteiger partial charge is 0.229 e. The van der Waals surface area contributed by atoms with Gasteiger partial charge in [-0.15, -0.1) is 0 Å². The number of hydrogen-bond acceptors (Lipinski definition) is 2. The van der Waals surface area contributed by atoms with Crippen molar-refractivity contribution in [1.82, 2.24) is 0 Å². The fraction of sp³-hybridized carbons (Fsp3) is 1.00. The Kier molecular flexibility index (Phi) is 3.44. The molecule has 0 aliphatic heterocycles. The molecular weight excluding hydrogens is 252 g/mol. The van der Waals surface area contributed by atoms with Crippen molar-refractivity contribution < 1.29 is 8.42 Å². The molecule has 4 heteroatoms. The summed E-state index contributed by atoms with van der Waals surface area (Å²) in [7, 11) is -2.86. The van der Waals surface area contributed by atoms with Gasteiger partial charge in [-0.2, -0.15) is 0 Å². The molecule has 0 atom stereocenters. The summed E-state index contributed by atoms with van der Waals surface area (Å²) in [5.74, 6) is 0.364. The third-order valence-electron chi connectivity index (χ3n) is 2.92. The summed E-state index contributed by atoms with van der Waals surface area (Å²) in [6.45, 7) is 3.52. The van der Waals surface area contributed by atoms with Crippen LogP contribution in [-0.4, -0.2) is 24.8 Å². The van der Waals surface area contributed by atoms with E-state index in [-0.39, 0.29) is 10.7 Å². The normalized spacial score (nSPS) is 21.5. The first kappa shape index (κ1) is 11.5. The topological polar surface area (TPSA) is 34.1 Å². The first-order chi connectivity index (χ1) is 5.92. The fourth-order valence-electron chi connectivity index (χ4n) is 1.59. The fourth-order valence-corrected chi connectivity index (χ4v) is 4.19. The van der Waals surface area contributed by atoms with Crippen LogP contribution in [0.4, 0.5) is 0 Å². The van der Waals surface area contributed by atoms with Crippen LogP contribution in [0.15, 0.2) is 0 Å². The Bertz CT molecular complexity index is 260. The maximum absolute atomic E-state index is 11.7. The maximum Gasteiger partial charge on any atom is 0.153 e. The van der Waals surface area contributed by atoms with Crippen LogP contribution in [-0.2, 0) is 9.84 Å². The summed E-state index contributed by atoms with van der Waals surface area (Å²) in [5.41, 5.74) is 0.0586. The first-order valence-electron chi connectivity index (χ1n) is 4.69. The van der Waals surface area contributed by atoms with Crippen LogP contribution in [0.3, 0.4) is 0 Å². The van der Waals surface area contributed by atoms with E-state index in [4.69, 9.17) is 0 Å². The highest BCUT2D eigenvalue weighted by Gasteiger charge is 2.40. The zero-order valence-electron chi connectivity index (χ0n) is 8.22. The zero-order chi connectivity index (χ0) is 10.1. The molecule has 0 radical (unpaired) electrons. The summed E-state index contributed by atoms with van der Waals surface area (Å²) >= 11 is 3.42. The van der Waals surface area contributed by atoms with Gasteiger partial charge in [0.2, 0.25) is 0 Å². The quantitative estimate of drug-likeness (QED) is 0.734. The molecule has 0 bridgehead atoms. The highest BCUT2D eigenvalue weighted by atomic mass is 79.9. The minimum Gasteiger partial charge on any atom is -0.229 e. The molecule has 1 fully saturated rings. The van der Waals surface area contributed by atoms with Gasteiger partial charge in [0.25, 0.3) is 0 Å². The second kappa shape index (κ2) is 3.89. The van der Waals surface area contributed by atoms with Gasteiger partial charge in [-0.3, -0.25) is 0 Å². The molecule has 0 aromatic rings. The van der Waals surface area contributed by atoms with Crippen molar-refractivity contribution in [3.8, 4) is 0 Å². The van der Waals surface area contributed by atoms with E-state index in [9.17, 15) is 8.42 Å². The standard InChI is InChI=1S/C9H17BrO2S/c1-8(2)13(11,12)7-9(6-10)4-3-5-9/h8H,3-7H2,1-2H3. The molecule has 1 aliphatic carbocycles. The zero-order valence-corrected chi connectivity index (χ0v) is 10.6. The molecule has 0 amide bonds. The first-order valence-corrected chi connectivity index (χ1v) is 7.53. The van der Waals surface area contributed by atoms with Crippen LogP contribution in [0.2, 0.25) is 0 Å². The third kappa shape index (κ3) is 2.46. The van der Waals surface area contributed by atoms with E-state index in [1.54, 1.807) is 13.8 Å². The molecule has 1 saturated carbocycles. The molecule has 13 heavy (non-hydrogen) atoms. The van der Waals surface area contributed by atoms with Crippen LogP contribution in [0.25, 0.3) is 0 Å². The monoisotopic (exact) mass is 268 g/mol. The van der Waals surface area contributed by atoms with E-state index >= 15 is 0 Å². The van der Waals surface area contributed by atoms with E-state index in [1.165, 1.54) is 6.42 Å². The molecule has 0 aromatic heterocycles. The lowest BCUT2D eigenvalue weighted by Crippen LogP contribution is -2.40. The van der Waals surface area contributed by atoms with Crippen molar-refractivity contribution in [2.24, 2.45) is 5.41 Å². The smallest absolute Gasteiger partial charge is 0.153 e. The Hall–Kier alpha value is 0.430. The maximum atomic E-state index is 11.7. The minimum absolute atomic E-state index is 0.0586. The van der Waals surface area contributed by atoms with Crippen LogP contribution < -0.4 is 0 Å². The second-order valence-electron chi connectivity index (χ2n) is 4.34. The number of rotatable bonds is 4. The lowest BCUT2D eigenvalue weighted by Gasteiger charge is -2.40. The number of alkyl halides is 1. The lowest BCUT2D eigenvalue weighted by atomic mass is 9.72. The van der Waals surface area contributed by atoms with Gasteiger partial charge in [-0.1, -0.05) is 22.4 Å². The van der Waals surface area contributed by atoms with E-state index in [0.717, 1.165) is 18.2 Å². The Labute approximate surface area is 89.1 Å². The Morgan fingerprint density at radius 3 is 2.15 bits per heavy atom. The van der Waals surface area contributed by atoms with Gasteiger partial charge >= 0.3 is 0 Å². The highest BCUT2D eigenvalue weighted by Crippen LogP contribution is 2.43. The predicted octanol–water partition coefficient (Wildman–Crippen LogP) is 2.37. The van der Waals surface area contributed by atoms with Gasteiger partial charge in [0.15, 0.2) is 9.84 Å². The predicted molar refractivity (Wildman–Crippen MR) is 59.0 cm³/mol. The SMILES string of the molecule is CC(C)S(=O)(=O)CC1(CBr)CCC1. The van der Waals surface area contributed by atoms with Crippen LogP contribution >= 0.6 is 15.9 Å². The molecule has 0 aromatic carbocycles. The van der Waals surface area contributed by atoms with E-state index in [2.05, 4.69) is 15.9 Å². The molecular formula is C9H17BrO2S. The van der Waals surface area contributed by atoms with Gasteiger partial charge in [-0.25, -0.2) is 8.42 Å². The van der Waals surface area contributed by atoms with Crippen molar-refractivity contribution in [3.05, 3.63) is 0 Å². The Morgan fingerprint density at radius 2 is 1.92 bits per heavy atom. The summed E-state index contributed by atoms with van der Waals surface area (Å²) in [4.78, 5) is 0. The lowest BCUT2D eigenvalue weighted by molar-refractivity contribution is 0.202. The van der Waals surface area contributed by atoms with Gasteiger partial charge in [0, 0.05) is 5.33 Å². The van der Waals surface area contributed by atoms with Gasteiger partial charge in [-0.05, 0) is 32.1 Å². The number of hydrogen-bond donors (Lipinski definition) is 0. The average molecular weight is 269 g/mol. The number of halogens is 1. The molecule has 0 N–H and O–H groups in total. The summed E-state index contributed by atoms with van der Waals surface area (Å²) < 4.78 is 23.4. The molecule has 0 heterocycles. The van der Waals surface area contributed by atoms with Crippen LogP contribution in [0, 0.1) is 5.41 Å². The van der Waals surface area contributed by atoms with Crippen molar-refractivity contribution >= 4 is 25.8 Å². The number of sulfone groups is 1. The van der Waals surface area contributed by atoms with E-state index in [0.29, 0.717) is 5.75 Å². The molecule has 0 saturated heterocycles. The van der Waals surface area contributed by atoms with Crippen molar-refractivity contribution in [2.45, 2.75) is 38.4 Å². The molecule has 1 aliphatic rings. The summed E-state index contributed by atoms with van der Waals surface area (Å²) in [6.07, 6.45) is 3.30. The van der Waals surface area contributed by atoms with Crippen molar-refractivity contribution in [2.75, 3.05) is 11.1 Å². The molecule has 2 nitrogen and oxygen atoms in total. The van der Waals surface area contributed by atoms with Crippen molar-refractivity contribution in [3.63, 3.8) is 0 Å². The van der Waals surface area contributed by atoms with Gasteiger partial charge in [0.05, 0.1) is 11.0 Å². The van der Waals surface area contributed by atoms with E-state index < -0.39 is 9.84 Å². The van der Waals surface area contributed by atoms with E-state index in [1.807, 2.05) is 0 Å². The summed E-state index contributed by atoms with van der Waals surface area (Å²) in [6, 6.07) is 0. The molecule has 0 spiro atoms. The average Bonchev–Trinajstić information content (AvgIpc) is 1.96.